The molecule has 0 atom stereocenters. The minimum Gasteiger partial charge on any atom is -0.483 e. The Kier molecular flexibility index (Phi) is 479. The van der Waals surface area contributed by atoms with E-state index in [-0.39, 0.29) is 50.9 Å². The van der Waals surface area contributed by atoms with Crippen LogP contribution in [0.25, 0.3) is 0 Å². The van der Waals surface area contributed by atoms with Crippen LogP contribution in [0.3, 0.4) is 0 Å². The molecular weight excluding hydrogens is 150 g/mol. The smallest absolute Gasteiger partial charge is 0.483 e. The number of carboxylic acid groups (broad SMARTS) is 2. The Balaban J connectivity index is -0.0000000116. The third-order valence-electron chi connectivity index (χ3n) is 0. The molecule has 7 heteroatoms. The quantitative estimate of drug-likeness (QED) is 0.244. The average molecular weight is 162 g/mol. The molecule has 58 valence electrons. The van der Waals surface area contributed by atoms with Gasteiger partial charge in [-0.3, -0.25) is 9.59 Å². The van der Waals surface area contributed by atoms with Crippen molar-refractivity contribution in [1.29, 1.82) is 0 Å². The van der Waals surface area contributed by atoms with E-state index in [1.807, 2.05) is 0 Å². The second-order valence-electron chi connectivity index (χ2n) is 0.211. The van der Waals surface area contributed by atoms with Crippen LogP contribution < -0.4 is 29.6 Å². The number of hydrogen-bond donors (Lipinski definition) is 3. The van der Waals surface area contributed by atoms with Gasteiger partial charge in [-0.25, -0.2) is 0 Å². The number of rotatable bonds is 0. The van der Waals surface area contributed by atoms with Gasteiger partial charge in [0.05, 0.1) is 0 Å². The zero-order valence-electron chi connectivity index (χ0n) is 5.31. The number of carbonyl (C=O) groups is 2. The summed E-state index contributed by atoms with van der Waals surface area (Å²) in [6, 6.07) is 0. The number of aliphatic hydroxyl groups is 1. The van der Waals surface area contributed by atoms with Gasteiger partial charge in [0.25, 0.3) is 12.9 Å². The Hall–Kier alpha value is -0.0351. The van der Waals surface area contributed by atoms with E-state index in [0.717, 1.165) is 7.11 Å². The van der Waals surface area contributed by atoms with E-state index in [0.29, 0.717) is 0 Å². The van der Waals surface area contributed by atoms with Crippen molar-refractivity contribution in [3.63, 3.8) is 0 Å². The molecule has 0 saturated carbocycles. The molecule has 0 fully saturated rings. The predicted molar refractivity (Wildman–Crippen MR) is 36.9 cm³/mol. The van der Waals surface area contributed by atoms with Crippen LogP contribution in [0.15, 0.2) is 0 Å². The van der Waals surface area contributed by atoms with Gasteiger partial charge in [-0.1, -0.05) is 8.41 Å². The minimum atomic E-state index is -0.250. The van der Waals surface area contributed by atoms with Crippen molar-refractivity contribution in [2.75, 3.05) is 7.11 Å². The third-order valence-corrected chi connectivity index (χ3v) is 0. The molecule has 0 amide bonds. The van der Waals surface area contributed by atoms with Crippen molar-refractivity contribution in [1.82, 2.24) is 0 Å². The second kappa shape index (κ2) is 147. The van der Waals surface area contributed by atoms with Gasteiger partial charge in [0.15, 0.2) is 0 Å². The summed E-state index contributed by atoms with van der Waals surface area (Å²) >= 11 is 0. The van der Waals surface area contributed by atoms with Crippen LogP contribution in [-0.2, 0) is 9.59 Å². The van der Waals surface area contributed by atoms with E-state index in [9.17, 15) is 0 Å². The monoisotopic (exact) mass is 162 g/mol. The zero-order chi connectivity index (χ0) is 7.41. The number of aliphatic hydroxyl groups excluding tert-OH is 1. The van der Waals surface area contributed by atoms with Crippen LogP contribution in [0.1, 0.15) is 0 Å². The summed E-state index contributed by atoms with van der Waals surface area (Å²) in [6.45, 7) is -0.500. The molecule has 0 aromatic rings. The summed E-state index contributed by atoms with van der Waals surface area (Å²) in [5.74, 6) is 0. The van der Waals surface area contributed by atoms with Crippen molar-refractivity contribution in [2.45, 2.75) is 0 Å². The zero-order valence-corrected chi connectivity index (χ0v) is 7.31. The maximum atomic E-state index is 8.36. The molecule has 0 saturated heterocycles. The first-order chi connectivity index (χ1) is 3.83. The van der Waals surface area contributed by atoms with E-state index >= 15 is 0 Å². The first kappa shape index (κ1) is 32.5. The van der Waals surface area contributed by atoms with Gasteiger partial charge in [0, 0.05) is 7.11 Å². The van der Waals surface area contributed by atoms with Gasteiger partial charge in [-0.15, -0.1) is 0 Å². The standard InChI is InChI=1S/2CH2O2.CH4O.BH4.Na/c2*2-1-3;1-2;;/h2*1H,(H,2,3);2H,1H3;1H4;/q;;;-1;+1. The summed E-state index contributed by atoms with van der Waals surface area (Å²) in [7, 11) is 1.00. The molecule has 0 aliphatic heterocycles. The normalized spacial score (nSPS) is 3.00. The fourth-order valence-electron chi connectivity index (χ4n) is 0. The Labute approximate surface area is 82.9 Å². The Bertz CT molecular complexity index is 37.9. The van der Waals surface area contributed by atoms with E-state index < -0.39 is 0 Å². The fraction of sp³-hybridized carbons (Fsp3) is 0.333. The molecule has 0 radical (unpaired) electrons. The van der Waals surface area contributed by atoms with Crippen molar-refractivity contribution >= 4 is 21.4 Å². The minimum absolute atomic E-state index is 0. The van der Waals surface area contributed by atoms with E-state index in [1.165, 1.54) is 0 Å². The Morgan fingerprint density at radius 2 is 1.00 bits per heavy atom. The average Bonchev–Trinajstić information content (AvgIpc) is 1.75. The van der Waals surface area contributed by atoms with Gasteiger partial charge in [0.2, 0.25) is 0 Å². The van der Waals surface area contributed by atoms with Crippen LogP contribution in [-0.4, -0.2) is 43.8 Å². The molecule has 0 aliphatic rings. The molecule has 0 unspecified atom stereocenters. The fourth-order valence-corrected chi connectivity index (χ4v) is 0. The molecule has 10 heavy (non-hydrogen) atoms. The Morgan fingerprint density at radius 3 is 1.00 bits per heavy atom. The summed E-state index contributed by atoms with van der Waals surface area (Å²) in [5.41, 5.74) is 0. The van der Waals surface area contributed by atoms with E-state index in [2.05, 4.69) is 0 Å². The van der Waals surface area contributed by atoms with E-state index in [1.54, 1.807) is 0 Å². The molecular formula is C3H12BNaO5. The van der Waals surface area contributed by atoms with Gasteiger partial charge < -0.3 is 15.3 Å². The second-order valence-corrected chi connectivity index (χ2v) is 0.211. The van der Waals surface area contributed by atoms with Gasteiger partial charge in [0.1, 0.15) is 0 Å². The van der Waals surface area contributed by atoms with Crippen LogP contribution in [0.4, 0.5) is 0 Å². The summed E-state index contributed by atoms with van der Waals surface area (Å²) < 4.78 is 0. The summed E-state index contributed by atoms with van der Waals surface area (Å²) in [4.78, 5) is 16.7. The molecule has 3 N–H and O–H groups in total. The third kappa shape index (κ3) is 314000. The molecule has 0 spiro atoms. The predicted octanol–water partition coefficient (Wildman–Crippen LogP) is -5.44. The Morgan fingerprint density at radius 1 is 1.00 bits per heavy atom. The van der Waals surface area contributed by atoms with Crippen LogP contribution in [0.2, 0.25) is 0 Å². The van der Waals surface area contributed by atoms with Gasteiger partial charge >= 0.3 is 29.6 Å². The molecule has 0 heterocycles. The first-order valence-corrected chi connectivity index (χ1v) is 1.44. The van der Waals surface area contributed by atoms with Gasteiger partial charge in [-0.05, 0) is 0 Å². The maximum Gasteiger partial charge on any atom is 1.00 e. The molecule has 5 nitrogen and oxygen atoms in total. The van der Waals surface area contributed by atoms with Crippen molar-refractivity contribution in [3.8, 4) is 0 Å². The van der Waals surface area contributed by atoms with Gasteiger partial charge in [-0.2, -0.15) is 0 Å². The van der Waals surface area contributed by atoms with Crippen molar-refractivity contribution < 1.29 is 54.5 Å². The van der Waals surface area contributed by atoms with Crippen molar-refractivity contribution in [3.05, 3.63) is 0 Å². The summed E-state index contributed by atoms with van der Waals surface area (Å²) in [6.07, 6.45) is 0. The SMILES string of the molecule is CO.O=CO.O=CO.[BH4-].[Na+]. The first-order valence-electron chi connectivity index (χ1n) is 1.44. The number of hydrogen-bond acceptors (Lipinski definition) is 3. The summed E-state index contributed by atoms with van der Waals surface area (Å²) in [5, 5.41) is 20.8. The maximum absolute atomic E-state index is 8.36. The van der Waals surface area contributed by atoms with Crippen molar-refractivity contribution in [2.24, 2.45) is 0 Å². The molecule has 0 aromatic carbocycles. The molecule has 0 aliphatic carbocycles. The molecule has 0 rings (SSSR count). The van der Waals surface area contributed by atoms with Crippen LogP contribution in [0, 0.1) is 0 Å². The largest absolute Gasteiger partial charge is 1.00 e. The van der Waals surface area contributed by atoms with E-state index in [4.69, 9.17) is 24.9 Å². The topological polar surface area (TPSA) is 94.8 Å². The van der Waals surface area contributed by atoms with Crippen LogP contribution >= 0.6 is 0 Å². The molecule has 0 aromatic heterocycles. The van der Waals surface area contributed by atoms with Crippen LogP contribution in [0.5, 0.6) is 0 Å². The molecule has 0 bridgehead atoms.